The molecule has 4 nitrogen and oxygen atoms in total. The first kappa shape index (κ1) is 12.3. The van der Waals surface area contributed by atoms with Gasteiger partial charge in [-0.15, -0.1) is 0 Å². The molecule has 1 amide bonds. The van der Waals surface area contributed by atoms with Gasteiger partial charge in [-0.2, -0.15) is 0 Å². The number of likely N-dealkylation sites (tertiary alicyclic amines) is 1. The van der Waals surface area contributed by atoms with Crippen molar-refractivity contribution < 1.29 is 14.6 Å². The fourth-order valence-electron chi connectivity index (χ4n) is 1.63. The summed E-state index contributed by atoms with van der Waals surface area (Å²) in [7, 11) is 0. The first-order chi connectivity index (χ1) is 6.79. The van der Waals surface area contributed by atoms with Crippen LogP contribution >= 0.6 is 0 Å². The van der Waals surface area contributed by atoms with Gasteiger partial charge in [0, 0.05) is 13.1 Å². The minimum Gasteiger partial charge on any atom is -0.444 e. The van der Waals surface area contributed by atoms with Crippen LogP contribution in [-0.2, 0) is 4.74 Å². The summed E-state index contributed by atoms with van der Waals surface area (Å²) in [6.07, 6.45) is 0.0744. The van der Waals surface area contributed by atoms with Gasteiger partial charge < -0.3 is 14.7 Å². The van der Waals surface area contributed by atoms with Gasteiger partial charge in [-0.1, -0.05) is 6.92 Å². The van der Waals surface area contributed by atoms with E-state index in [0.29, 0.717) is 19.5 Å². The molecule has 1 rings (SSSR count). The van der Waals surface area contributed by atoms with Gasteiger partial charge in [0.1, 0.15) is 5.60 Å². The Balaban J connectivity index is 2.48. The first-order valence-corrected chi connectivity index (χ1v) is 5.45. The topological polar surface area (TPSA) is 49.8 Å². The van der Waals surface area contributed by atoms with E-state index in [1.807, 2.05) is 27.7 Å². The molecule has 0 saturated carbocycles. The van der Waals surface area contributed by atoms with E-state index in [0.717, 1.165) is 0 Å². The average molecular weight is 215 g/mol. The van der Waals surface area contributed by atoms with Crippen molar-refractivity contribution in [2.45, 2.75) is 45.8 Å². The van der Waals surface area contributed by atoms with E-state index in [9.17, 15) is 9.90 Å². The Hall–Kier alpha value is -0.770. The van der Waals surface area contributed by atoms with Gasteiger partial charge in [0.2, 0.25) is 0 Å². The van der Waals surface area contributed by atoms with E-state index in [4.69, 9.17) is 4.74 Å². The predicted octanol–water partition coefficient (Wildman–Crippen LogP) is 1.62. The van der Waals surface area contributed by atoms with Gasteiger partial charge in [0.15, 0.2) is 0 Å². The average Bonchev–Trinajstić information content (AvgIpc) is 2.06. The predicted molar refractivity (Wildman–Crippen MR) is 57.6 cm³/mol. The lowest BCUT2D eigenvalue weighted by molar-refractivity contribution is -0.00488. The van der Waals surface area contributed by atoms with Crippen molar-refractivity contribution in [3.63, 3.8) is 0 Å². The number of rotatable bonds is 0. The Labute approximate surface area is 91.2 Å². The molecule has 1 N–H and O–H groups in total. The summed E-state index contributed by atoms with van der Waals surface area (Å²) in [5.74, 6) is 0.131. The second-order valence-electron chi connectivity index (χ2n) is 5.26. The molecule has 15 heavy (non-hydrogen) atoms. The number of amides is 1. The van der Waals surface area contributed by atoms with Gasteiger partial charge in [0.05, 0.1) is 6.10 Å². The molecule has 0 aromatic heterocycles. The van der Waals surface area contributed by atoms with E-state index < -0.39 is 5.60 Å². The third-order valence-electron chi connectivity index (χ3n) is 2.51. The Morgan fingerprint density at radius 2 is 2.07 bits per heavy atom. The fraction of sp³-hybridized carbons (Fsp3) is 0.909. The number of nitrogens with zero attached hydrogens (tertiary/aromatic N) is 1. The van der Waals surface area contributed by atoms with Crippen LogP contribution in [0.5, 0.6) is 0 Å². The molecule has 2 atom stereocenters. The van der Waals surface area contributed by atoms with Gasteiger partial charge in [-0.3, -0.25) is 0 Å². The Morgan fingerprint density at radius 1 is 1.47 bits per heavy atom. The van der Waals surface area contributed by atoms with Crippen molar-refractivity contribution in [2.75, 3.05) is 13.1 Å². The molecule has 1 aliphatic heterocycles. The van der Waals surface area contributed by atoms with Crippen molar-refractivity contribution in [1.82, 2.24) is 4.90 Å². The SMILES string of the molecule is C[C@@H]1CN(C(=O)OC(C)(C)C)CC[C@@H]1O. The molecule has 0 aromatic carbocycles. The van der Waals surface area contributed by atoms with E-state index >= 15 is 0 Å². The maximum Gasteiger partial charge on any atom is 0.410 e. The first-order valence-electron chi connectivity index (χ1n) is 5.45. The van der Waals surface area contributed by atoms with Crippen LogP contribution in [-0.4, -0.2) is 40.9 Å². The Bertz CT molecular complexity index is 234. The smallest absolute Gasteiger partial charge is 0.410 e. The lowest BCUT2D eigenvalue weighted by Gasteiger charge is -2.35. The molecule has 0 radical (unpaired) electrons. The highest BCUT2D eigenvalue weighted by molar-refractivity contribution is 5.68. The molecular weight excluding hydrogens is 194 g/mol. The number of carbonyl (C=O) groups excluding carboxylic acids is 1. The zero-order valence-electron chi connectivity index (χ0n) is 9.99. The number of hydrogen-bond acceptors (Lipinski definition) is 3. The highest BCUT2D eigenvalue weighted by atomic mass is 16.6. The lowest BCUT2D eigenvalue weighted by atomic mass is 9.97. The van der Waals surface area contributed by atoms with Crippen molar-refractivity contribution in [3.05, 3.63) is 0 Å². The van der Waals surface area contributed by atoms with Gasteiger partial charge in [0.25, 0.3) is 0 Å². The van der Waals surface area contributed by atoms with Crippen LogP contribution in [0.2, 0.25) is 0 Å². The number of aliphatic hydroxyl groups is 1. The molecule has 4 heteroatoms. The number of ether oxygens (including phenoxy) is 1. The van der Waals surface area contributed by atoms with Gasteiger partial charge >= 0.3 is 6.09 Å². The molecule has 88 valence electrons. The van der Waals surface area contributed by atoms with E-state index in [-0.39, 0.29) is 18.1 Å². The maximum absolute atomic E-state index is 11.7. The van der Waals surface area contributed by atoms with Crippen LogP contribution in [0.1, 0.15) is 34.1 Å². The second-order valence-corrected chi connectivity index (χ2v) is 5.26. The zero-order valence-corrected chi connectivity index (χ0v) is 9.99. The van der Waals surface area contributed by atoms with Crippen molar-refractivity contribution in [2.24, 2.45) is 5.92 Å². The highest BCUT2D eigenvalue weighted by Crippen LogP contribution is 2.19. The van der Waals surface area contributed by atoms with Crippen LogP contribution in [0.25, 0.3) is 0 Å². The number of carbonyl (C=O) groups is 1. The summed E-state index contributed by atoms with van der Waals surface area (Å²) >= 11 is 0. The van der Waals surface area contributed by atoms with Crippen LogP contribution in [0, 0.1) is 5.92 Å². The molecule has 0 spiro atoms. The molecular formula is C11H21NO3. The molecule has 1 saturated heterocycles. The van der Waals surface area contributed by atoms with Crippen molar-refractivity contribution in [3.8, 4) is 0 Å². The summed E-state index contributed by atoms with van der Waals surface area (Å²) in [5, 5.41) is 9.53. The standard InChI is InChI=1S/C11H21NO3/c1-8-7-12(6-5-9(8)13)10(14)15-11(2,3)4/h8-9,13H,5-7H2,1-4H3/t8-,9+/m1/s1. The molecule has 1 heterocycles. The molecule has 0 aliphatic carbocycles. The van der Waals surface area contributed by atoms with Crippen LogP contribution < -0.4 is 0 Å². The fourth-order valence-corrected chi connectivity index (χ4v) is 1.63. The highest BCUT2D eigenvalue weighted by Gasteiger charge is 2.29. The second kappa shape index (κ2) is 4.39. The van der Waals surface area contributed by atoms with Gasteiger partial charge in [-0.05, 0) is 33.1 Å². The molecule has 1 aliphatic rings. The monoisotopic (exact) mass is 215 g/mol. The minimum absolute atomic E-state index is 0.131. The number of piperidine rings is 1. The molecule has 1 fully saturated rings. The normalized spacial score (nSPS) is 27.7. The maximum atomic E-state index is 11.7. The Kier molecular flexibility index (Phi) is 3.60. The largest absolute Gasteiger partial charge is 0.444 e. The van der Waals surface area contributed by atoms with E-state index in [1.165, 1.54) is 0 Å². The third-order valence-corrected chi connectivity index (χ3v) is 2.51. The van der Waals surface area contributed by atoms with E-state index in [1.54, 1.807) is 4.90 Å². The quantitative estimate of drug-likeness (QED) is 0.668. The van der Waals surface area contributed by atoms with Crippen LogP contribution in [0.3, 0.4) is 0 Å². The summed E-state index contributed by atoms with van der Waals surface area (Å²) in [6.45, 7) is 8.67. The zero-order chi connectivity index (χ0) is 11.6. The molecule has 0 unspecified atom stereocenters. The van der Waals surface area contributed by atoms with Gasteiger partial charge in [-0.25, -0.2) is 4.79 Å². The summed E-state index contributed by atoms with van der Waals surface area (Å²) < 4.78 is 5.27. The Morgan fingerprint density at radius 3 is 2.53 bits per heavy atom. The minimum atomic E-state index is -0.448. The number of hydrogen-bond donors (Lipinski definition) is 1. The summed E-state index contributed by atoms with van der Waals surface area (Å²) in [4.78, 5) is 13.4. The lowest BCUT2D eigenvalue weighted by Crippen LogP contribution is -2.46. The molecule has 0 bridgehead atoms. The van der Waals surface area contributed by atoms with Crippen molar-refractivity contribution >= 4 is 6.09 Å². The third kappa shape index (κ3) is 3.70. The van der Waals surface area contributed by atoms with Crippen LogP contribution in [0.15, 0.2) is 0 Å². The number of aliphatic hydroxyl groups excluding tert-OH is 1. The molecule has 0 aromatic rings. The van der Waals surface area contributed by atoms with Crippen molar-refractivity contribution in [1.29, 1.82) is 0 Å². The van der Waals surface area contributed by atoms with Crippen LogP contribution in [0.4, 0.5) is 4.79 Å². The summed E-state index contributed by atoms with van der Waals surface area (Å²) in [6, 6.07) is 0. The van der Waals surface area contributed by atoms with E-state index in [2.05, 4.69) is 0 Å². The summed E-state index contributed by atoms with van der Waals surface area (Å²) in [5.41, 5.74) is -0.448.